The molecule has 0 aliphatic heterocycles. The summed E-state index contributed by atoms with van der Waals surface area (Å²) in [6.07, 6.45) is 2.06. The smallest absolute Gasteiger partial charge is 0.292 e. The van der Waals surface area contributed by atoms with Crippen LogP contribution in [-0.2, 0) is 0 Å². The summed E-state index contributed by atoms with van der Waals surface area (Å²) in [4.78, 5) is 10.6. The minimum Gasteiger partial charge on any atom is -0.379 e. The molecule has 0 aliphatic carbocycles. The third-order valence-electron chi connectivity index (χ3n) is 2.44. The van der Waals surface area contributed by atoms with Gasteiger partial charge in [0.2, 0.25) is 0 Å². The van der Waals surface area contributed by atoms with E-state index in [1.54, 1.807) is 23.9 Å². The van der Waals surface area contributed by atoms with Crippen molar-refractivity contribution in [1.82, 2.24) is 0 Å². The Morgan fingerprint density at radius 1 is 1.53 bits per heavy atom. The van der Waals surface area contributed by atoms with E-state index in [4.69, 9.17) is 0 Å². The fourth-order valence-corrected chi connectivity index (χ4v) is 2.26. The van der Waals surface area contributed by atoms with Gasteiger partial charge in [-0.3, -0.25) is 10.1 Å². The van der Waals surface area contributed by atoms with E-state index >= 15 is 0 Å². The van der Waals surface area contributed by atoms with Crippen molar-refractivity contribution in [2.75, 3.05) is 23.9 Å². The molecule has 1 aromatic rings. The highest BCUT2D eigenvalue weighted by molar-refractivity contribution is 7.98. The molecule has 0 fully saturated rings. The zero-order chi connectivity index (χ0) is 12.8. The molecule has 1 atom stereocenters. The Balaban J connectivity index is 2.73. The van der Waals surface area contributed by atoms with Crippen LogP contribution in [0, 0.1) is 23.0 Å². The first-order chi connectivity index (χ1) is 8.04. The largest absolute Gasteiger partial charge is 0.379 e. The Hall–Kier alpha value is -1.23. The highest BCUT2D eigenvalue weighted by Gasteiger charge is 2.13. The summed E-state index contributed by atoms with van der Waals surface area (Å²) in [6.45, 7) is 4.74. The van der Waals surface area contributed by atoms with Crippen LogP contribution in [0.1, 0.15) is 12.5 Å². The van der Waals surface area contributed by atoms with E-state index in [2.05, 4.69) is 18.5 Å². The normalized spacial score (nSPS) is 12.2. The third-order valence-corrected chi connectivity index (χ3v) is 3.34. The molecule has 94 valence electrons. The topological polar surface area (TPSA) is 55.2 Å². The fraction of sp³-hybridized carbons (Fsp3) is 0.500. The van der Waals surface area contributed by atoms with Gasteiger partial charge in [0, 0.05) is 12.6 Å². The highest BCUT2D eigenvalue weighted by Crippen LogP contribution is 2.25. The SMILES string of the molecule is CSCC(C)CNc1ccc(C)cc1[N+](=O)[O-]. The molecular weight excluding hydrogens is 236 g/mol. The van der Waals surface area contributed by atoms with Gasteiger partial charge in [-0.25, -0.2) is 0 Å². The van der Waals surface area contributed by atoms with Crippen molar-refractivity contribution in [3.05, 3.63) is 33.9 Å². The second-order valence-corrected chi connectivity index (χ2v) is 5.13. The number of benzene rings is 1. The lowest BCUT2D eigenvalue weighted by atomic mass is 10.1. The second kappa shape index (κ2) is 6.49. The lowest BCUT2D eigenvalue weighted by Crippen LogP contribution is -2.14. The molecule has 1 rings (SSSR count). The Morgan fingerprint density at radius 2 is 2.24 bits per heavy atom. The molecule has 0 heterocycles. The molecule has 1 N–H and O–H groups in total. The summed E-state index contributed by atoms with van der Waals surface area (Å²) in [7, 11) is 0. The first-order valence-corrected chi connectivity index (χ1v) is 6.91. The third kappa shape index (κ3) is 4.26. The van der Waals surface area contributed by atoms with E-state index < -0.39 is 0 Å². The van der Waals surface area contributed by atoms with E-state index in [1.807, 2.05) is 13.0 Å². The van der Waals surface area contributed by atoms with Crippen molar-refractivity contribution in [1.29, 1.82) is 0 Å². The van der Waals surface area contributed by atoms with E-state index in [-0.39, 0.29) is 10.6 Å². The van der Waals surface area contributed by atoms with Gasteiger partial charge in [-0.15, -0.1) is 0 Å². The number of hydrogen-bond acceptors (Lipinski definition) is 4. The molecule has 17 heavy (non-hydrogen) atoms. The fourth-order valence-electron chi connectivity index (χ4n) is 1.57. The molecule has 0 spiro atoms. The highest BCUT2D eigenvalue weighted by atomic mass is 32.2. The van der Waals surface area contributed by atoms with E-state index in [0.717, 1.165) is 17.9 Å². The number of nitro benzene ring substituents is 1. The van der Waals surface area contributed by atoms with Crippen LogP contribution in [0.5, 0.6) is 0 Å². The summed E-state index contributed by atoms with van der Waals surface area (Å²) in [6, 6.07) is 5.26. The van der Waals surface area contributed by atoms with Gasteiger partial charge in [0.15, 0.2) is 0 Å². The summed E-state index contributed by atoms with van der Waals surface area (Å²) in [5, 5.41) is 14.1. The Labute approximate surface area is 106 Å². The van der Waals surface area contributed by atoms with Crippen LogP contribution in [0.15, 0.2) is 18.2 Å². The molecule has 0 radical (unpaired) electrons. The number of anilines is 1. The number of rotatable bonds is 6. The molecule has 0 saturated heterocycles. The maximum atomic E-state index is 10.9. The van der Waals surface area contributed by atoms with Gasteiger partial charge in [-0.2, -0.15) is 11.8 Å². The van der Waals surface area contributed by atoms with Gasteiger partial charge in [-0.1, -0.05) is 13.0 Å². The summed E-state index contributed by atoms with van der Waals surface area (Å²) in [5.74, 6) is 1.54. The summed E-state index contributed by atoms with van der Waals surface area (Å²) >= 11 is 1.78. The van der Waals surface area contributed by atoms with Gasteiger partial charge < -0.3 is 5.32 Å². The average molecular weight is 254 g/mol. The van der Waals surface area contributed by atoms with Crippen LogP contribution in [0.25, 0.3) is 0 Å². The number of hydrogen-bond donors (Lipinski definition) is 1. The first kappa shape index (κ1) is 13.8. The van der Waals surface area contributed by atoms with Gasteiger partial charge >= 0.3 is 0 Å². The Kier molecular flexibility index (Phi) is 5.28. The van der Waals surface area contributed by atoms with Gasteiger partial charge in [0.25, 0.3) is 5.69 Å². The minimum atomic E-state index is -0.339. The van der Waals surface area contributed by atoms with Crippen LogP contribution in [0.3, 0.4) is 0 Å². The van der Waals surface area contributed by atoms with Crippen LogP contribution < -0.4 is 5.32 Å². The lowest BCUT2D eigenvalue weighted by molar-refractivity contribution is -0.384. The number of aryl methyl sites for hydroxylation is 1. The number of thioether (sulfide) groups is 1. The monoisotopic (exact) mass is 254 g/mol. The van der Waals surface area contributed by atoms with Gasteiger partial charge in [0.1, 0.15) is 5.69 Å². The molecule has 0 bridgehead atoms. The van der Waals surface area contributed by atoms with E-state index in [9.17, 15) is 10.1 Å². The molecule has 1 aromatic carbocycles. The minimum absolute atomic E-state index is 0.154. The zero-order valence-corrected chi connectivity index (χ0v) is 11.2. The number of nitrogens with one attached hydrogen (secondary N) is 1. The molecule has 5 heteroatoms. The van der Waals surface area contributed by atoms with Crippen molar-refractivity contribution < 1.29 is 4.92 Å². The maximum Gasteiger partial charge on any atom is 0.292 e. The average Bonchev–Trinajstić information content (AvgIpc) is 2.27. The van der Waals surface area contributed by atoms with Gasteiger partial charge in [0.05, 0.1) is 4.92 Å². The van der Waals surface area contributed by atoms with Crippen molar-refractivity contribution in [2.24, 2.45) is 5.92 Å². The van der Waals surface area contributed by atoms with Crippen LogP contribution in [0.2, 0.25) is 0 Å². The molecular formula is C12H18N2O2S. The van der Waals surface area contributed by atoms with Gasteiger partial charge in [-0.05, 0) is 36.5 Å². The van der Waals surface area contributed by atoms with E-state index in [0.29, 0.717) is 11.6 Å². The second-order valence-electron chi connectivity index (χ2n) is 4.22. The molecule has 0 saturated carbocycles. The molecule has 1 unspecified atom stereocenters. The summed E-state index contributed by atoms with van der Waals surface area (Å²) < 4.78 is 0. The molecule has 4 nitrogen and oxygen atoms in total. The Morgan fingerprint density at radius 3 is 2.82 bits per heavy atom. The molecule has 0 aromatic heterocycles. The first-order valence-electron chi connectivity index (χ1n) is 5.52. The zero-order valence-electron chi connectivity index (χ0n) is 10.4. The lowest BCUT2D eigenvalue weighted by Gasteiger charge is -2.12. The van der Waals surface area contributed by atoms with Crippen LogP contribution in [-0.4, -0.2) is 23.5 Å². The number of nitrogens with zero attached hydrogens (tertiary/aromatic N) is 1. The maximum absolute atomic E-state index is 10.9. The van der Waals surface area contributed by atoms with Crippen molar-refractivity contribution in [3.8, 4) is 0 Å². The van der Waals surface area contributed by atoms with Crippen LogP contribution >= 0.6 is 11.8 Å². The predicted molar refractivity (Wildman–Crippen MR) is 73.9 cm³/mol. The van der Waals surface area contributed by atoms with Crippen molar-refractivity contribution in [2.45, 2.75) is 13.8 Å². The van der Waals surface area contributed by atoms with Crippen molar-refractivity contribution in [3.63, 3.8) is 0 Å². The quantitative estimate of drug-likeness (QED) is 0.625. The van der Waals surface area contributed by atoms with Crippen molar-refractivity contribution >= 4 is 23.1 Å². The molecule has 0 amide bonds. The predicted octanol–water partition coefficient (Wildman–Crippen LogP) is 3.31. The Bertz CT molecular complexity index is 396. The molecule has 0 aliphatic rings. The van der Waals surface area contributed by atoms with Crippen LogP contribution in [0.4, 0.5) is 11.4 Å². The number of nitro groups is 1. The summed E-state index contributed by atoms with van der Waals surface area (Å²) in [5.41, 5.74) is 1.66. The van der Waals surface area contributed by atoms with E-state index in [1.165, 1.54) is 0 Å². The standard InChI is InChI=1S/C12H18N2O2S/c1-9-4-5-11(12(6-9)14(15)16)13-7-10(2)8-17-3/h4-6,10,13H,7-8H2,1-3H3.